The third kappa shape index (κ3) is 4.33. The van der Waals surface area contributed by atoms with Crippen molar-refractivity contribution in [2.75, 3.05) is 18.5 Å². The van der Waals surface area contributed by atoms with Gasteiger partial charge in [0.05, 0.1) is 17.9 Å². The first kappa shape index (κ1) is 13.3. The lowest BCUT2D eigenvalue weighted by Crippen LogP contribution is -2.19. The molecule has 1 aromatic carbocycles. The van der Waals surface area contributed by atoms with E-state index in [9.17, 15) is 13.2 Å². The van der Waals surface area contributed by atoms with E-state index in [-0.39, 0.29) is 6.54 Å². The van der Waals surface area contributed by atoms with Crippen LogP contribution in [0.25, 0.3) is 0 Å². The molecule has 0 spiro atoms. The second kappa shape index (κ2) is 5.55. The van der Waals surface area contributed by atoms with Crippen molar-refractivity contribution in [2.24, 2.45) is 0 Å². The number of hydrogen-bond donors (Lipinski definition) is 1. The first-order valence-electron chi connectivity index (χ1n) is 4.88. The molecule has 0 atom stereocenters. The van der Waals surface area contributed by atoms with Crippen molar-refractivity contribution in [1.29, 1.82) is 5.26 Å². The molecule has 0 saturated carbocycles. The van der Waals surface area contributed by atoms with Crippen molar-refractivity contribution >= 4 is 5.69 Å². The fourth-order valence-corrected chi connectivity index (χ4v) is 1.32. The van der Waals surface area contributed by atoms with Gasteiger partial charge in [0.15, 0.2) is 0 Å². The summed E-state index contributed by atoms with van der Waals surface area (Å²) in [6.45, 7) is 1.25. The van der Waals surface area contributed by atoms with E-state index in [0.717, 1.165) is 5.56 Å². The molecule has 1 N–H and O–H groups in total. The summed E-state index contributed by atoms with van der Waals surface area (Å²) in [5.41, 5.74) is 1.71. The molecule has 6 heteroatoms. The Labute approximate surface area is 96.8 Å². The van der Waals surface area contributed by atoms with Crippen molar-refractivity contribution in [1.82, 2.24) is 0 Å². The second-order valence-electron chi connectivity index (χ2n) is 3.33. The standard InChI is InChI=1S/C11H11F3N2O/c1-8-3-2-4-10(9(8)7-15)16-5-6-17-11(12,13)14/h2-4,16H,5-6H2,1H3. The fraction of sp³-hybridized carbons (Fsp3) is 0.364. The van der Waals surface area contributed by atoms with E-state index in [1.54, 1.807) is 25.1 Å². The maximum Gasteiger partial charge on any atom is 0.522 e. The van der Waals surface area contributed by atoms with Gasteiger partial charge in [-0.15, -0.1) is 13.2 Å². The molecule has 0 heterocycles. The Morgan fingerprint density at radius 1 is 1.41 bits per heavy atom. The number of alkyl halides is 3. The van der Waals surface area contributed by atoms with Gasteiger partial charge < -0.3 is 5.32 Å². The zero-order valence-corrected chi connectivity index (χ0v) is 9.14. The number of nitrogens with zero attached hydrogens (tertiary/aromatic N) is 1. The lowest BCUT2D eigenvalue weighted by Gasteiger charge is -2.11. The lowest BCUT2D eigenvalue weighted by molar-refractivity contribution is -0.322. The highest BCUT2D eigenvalue weighted by molar-refractivity contribution is 5.60. The highest BCUT2D eigenvalue weighted by Gasteiger charge is 2.28. The van der Waals surface area contributed by atoms with Crippen LogP contribution < -0.4 is 5.32 Å². The zero-order chi connectivity index (χ0) is 12.9. The predicted molar refractivity (Wildman–Crippen MR) is 56.4 cm³/mol. The molecule has 0 saturated heterocycles. The molecule has 17 heavy (non-hydrogen) atoms. The summed E-state index contributed by atoms with van der Waals surface area (Å²) in [6.07, 6.45) is -4.62. The maximum absolute atomic E-state index is 11.7. The molecule has 0 radical (unpaired) electrons. The molecule has 1 aromatic rings. The Morgan fingerprint density at radius 3 is 2.71 bits per heavy atom. The topological polar surface area (TPSA) is 45.0 Å². The largest absolute Gasteiger partial charge is 0.522 e. The number of nitrogens with one attached hydrogen (secondary N) is 1. The van der Waals surface area contributed by atoms with Crippen LogP contribution in [0.3, 0.4) is 0 Å². The number of benzene rings is 1. The van der Waals surface area contributed by atoms with Crippen LogP contribution in [-0.4, -0.2) is 19.5 Å². The number of hydrogen-bond acceptors (Lipinski definition) is 3. The van der Waals surface area contributed by atoms with Gasteiger partial charge in [-0.1, -0.05) is 12.1 Å². The van der Waals surface area contributed by atoms with Gasteiger partial charge >= 0.3 is 6.36 Å². The molecular weight excluding hydrogens is 233 g/mol. The molecule has 0 aliphatic rings. The van der Waals surface area contributed by atoms with Crippen molar-refractivity contribution in [2.45, 2.75) is 13.3 Å². The fourth-order valence-electron chi connectivity index (χ4n) is 1.32. The summed E-state index contributed by atoms with van der Waals surface area (Å²) in [7, 11) is 0. The molecule has 0 unspecified atom stereocenters. The molecule has 0 fully saturated rings. The van der Waals surface area contributed by atoms with Crippen molar-refractivity contribution in [3.63, 3.8) is 0 Å². The smallest absolute Gasteiger partial charge is 0.382 e. The van der Waals surface area contributed by atoms with Crippen LogP contribution in [0.4, 0.5) is 18.9 Å². The molecular formula is C11H11F3N2O. The molecule has 0 aromatic heterocycles. The van der Waals surface area contributed by atoms with Crippen LogP contribution in [0.15, 0.2) is 18.2 Å². The van der Waals surface area contributed by atoms with Gasteiger partial charge in [-0.05, 0) is 18.6 Å². The minimum atomic E-state index is -4.62. The van der Waals surface area contributed by atoms with E-state index in [1.807, 2.05) is 6.07 Å². The number of nitriles is 1. The average Bonchev–Trinajstić information content (AvgIpc) is 2.23. The van der Waals surface area contributed by atoms with Crippen LogP contribution in [0.2, 0.25) is 0 Å². The number of anilines is 1. The quantitative estimate of drug-likeness (QED) is 0.828. The molecule has 0 aliphatic heterocycles. The highest BCUT2D eigenvalue weighted by Crippen LogP contribution is 2.19. The summed E-state index contributed by atoms with van der Waals surface area (Å²) >= 11 is 0. The van der Waals surface area contributed by atoms with Crippen LogP contribution in [0.1, 0.15) is 11.1 Å². The maximum atomic E-state index is 11.7. The van der Waals surface area contributed by atoms with Crippen LogP contribution in [0, 0.1) is 18.3 Å². The SMILES string of the molecule is Cc1cccc(NCCOC(F)(F)F)c1C#N. The number of ether oxygens (including phenoxy) is 1. The normalized spacial score (nSPS) is 11.0. The van der Waals surface area contributed by atoms with Gasteiger partial charge in [0.25, 0.3) is 0 Å². The van der Waals surface area contributed by atoms with E-state index >= 15 is 0 Å². The van der Waals surface area contributed by atoms with Crippen LogP contribution in [0.5, 0.6) is 0 Å². The minimum absolute atomic E-state index is 0.0162. The average molecular weight is 244 g/mol. The van der Waals surface area contributed by atoms with Gasteiger partial charge in [-0.2, -0.15) is 5.26 Å². The van der Waals surface area contributed by atoms with Gasteiger partial charge in [-0.25, -0.2) is 0 Å². The molecule has 0 bridgehead atoms. The van der Waals surface area contributed by atoms with Crippen molar-refractivity contribution < 1.29 is 17.9 Å². The van der Waals surface area contributed by atoms with Gasteiger partial charge in [0.1, 0.15) is 6.07 Å². The van der Waals surface area contributed by atoms with Gasteiger partial charge in [0, 0.05) is 6.54 Å². The van der Waals surface area contributed by atoms with E-state index in [1.165, 1.54) is 0 Å². The first-order valence-corrected chi connectivity index (χ1v) is 4.88. The van der Waals surface area contributed by atoms with Crippen molar-refractivity contribution in [3.8, 4) is 6.07 Å². The molecule has 1 rings (SSSR count). The number of rotatable bonds is 4. The van der Waals surface area contributed by atoms with Gasteiger partial charge in [0.2, 0.25) is 0 Å². The molecule has 92 valence electrons. The van der Waals surface area contributed by atoms with Crippen LogP contribution >= 0.6 is 0 Å². The third-order valence-corrected chi connectivity index (χ3v) is 2.07. The van der Waals surface area contributed by atoms with E-state index in [4.69, 9.17) is 5.26 Å². The first-order chi connectivity index (χ1) is 7.94. The Morgan fingerprint density at radius 2 is 2.12 bits per heavy atom. The van der Waals surface area contributed by atoms with E-state index in [0.29, 0.717) is 11.3 Å². The van der Waals surface area contributed by atoms with Crippen molar-refractivity contribution in [3.05, 3.63) is 29.3 Å². The Bertz CT molecular complexity index is 424. The summed E-state index contributed by atoms with van der Waals surface area (Å²) in [5.74, 6) is 0. The summed E-state index contributed by atoms with van der Waals surface area (Å²) in [5, 5.41) is 11.6. The lowest BCUT2D eigenvalue weighted by atomic mass is 10.1. The monoisotopic (exact) mass is 244 g/mol. The number of aryl methyl sites for hydroxylation is 1. The van der Waals surface area contributed by atoms with E-state index < -0.39 is 13.0 Å². The number of halogens is 3. The Hall–Kier alpha value is -1.74. The highest BCUT2D eigenvalue weighted by atomic mass is 19.4. The summed E-state index contributed by atoms with van der Waals surface area (Å²) in [4.78, 5) is 0. The van der Waals surface area contributed by atoms with E-state index in [2.05, 4.69) is 10.1 Å². The predicted octanol–water partition coefficient (Wildman–Crippen LogP) is 2.82. The summed E-state index contributed by atoms with van der Waals surface area (Å²) < 4.78 is 38.7. The zero-order valence-electron chi connectivity index (χ0n) is 9.14. The second-order valence-corrected chi connectivity index (χ2v) is 3.33. The molecule has 3 nitrogen and oxygen atoms in total. The molecule has 0 amide bonds. The minimum Gasteiger partial charge on any atom is -0.382 e. The Balaban J connectivity index is 2.53. The Kier molecular flexibility index (Phi) is 4.35. The molecule has 0 aliphatic carbocycles. The summed E-state index contributed by atoms with van der Waals surface area (Å²) in [6, 6.07) is 7.12. The van der Waals surface area contributed by atoms with Gasteiger partial charge in [-0.3, -0.25) is 4.74 Å². The van der Waals surface area contributed by atoms with Crippen LogP contribution in [-0.2, 0) is 4.74 Å². The third-order valence-electron chi connectivity index (χ3n) is 2.07.